The molecule has 160 valence electrons. The van der Waals surface area contributed by atoms with E-state index >= 15 is 0 Å². The number of pyridine rings is 1. The molecule has 2 aromatic carbocycles. The van der Waals surface area contributed by atoms with E-state index < -0.39 is 0 Å². The monoisotopic (exact) mass is 443 g/mol. The summed E-state index contributed by atoms with van der Waals surface area (Å²) in [6.45, 7) is 6.10. The van der Waals surface area contributed by atoms with E-state index in [-0.39, 0.29) is 17.9 Å². The zero-order valence-corrected chi connectivity index (χ0v) is 18.9. The molecular formula is C25H22ClN5O. The van der Waals surface area contributed by atoms with Gasteiger partial charge in [0.1, 0.15) is 11.6 Å². The highest BCUT2D eigenvalue weighted by atomic mass is 35.5. The van der Waals surface area contributed by atoms with Crippen molar-refractivity contribution in [2.75, 3.05) is 5.32 Å². The molecule has 32 heavy (non-hydrogen) atoms. The fourth-order valence-electron chi connectivity index (χ4n) is 3.76. The largest absolute Gasteiger partial charge is 0.309 e. The molecule has 0 unspecified atom stereocenters. The number of halogens is 1. The number of nitrogens with zero attached hydrogens (tertiary/aromatic N) is 4. The highest BCUT2D eigenvalue weighted by molar-refractivity contribution is 6.30. The molecule has 4 aromatic rings. The van der Waals surface area contributed by atoms with Crippen LogP contribution in [-0.2, 0) is 11.2 Å². The van der Waals surface area contributed by atoms with E-state index in [1.807, 2.05) is 32.0 Å². The molecular weight excluding hydrogens is 422 g/mol. The third-order valence-corrected chi connectivity index (χ3v) is 5.61. The van der Waals surface area contributed by atoms with Crippen molar-refractivity contribution in [1.82, 2.24) is 14.8 Å². The Bertz CT molecular complexity index is 1370. The standard InChI is InChI=1S/C25H22ClN5O/c1-15-10-17(3)24-21(11-15)16(2)12-22(29-24)31-25(19(13-27)14-28-31)30-23(32)9-6-18-4-7-20(26)8-5-18/h4-5,7-8,10-12,14H,6,9H2,1-3H3,(H,30,32). The molecule has 0 aliphatic heterocycles. The molecule has 4 rings (SSSR count). The van der Waals surface area contributed by atoms with Crippen LogP contribution in [0.15, 0.2) is 48.7 Å². The van der Waals surface area contributed by atoms with Crippen molar-refractivity contribution in [3.05, 3.63) is 81.5 Å². The SMILES string of the molecule is Cc1cc(C)c2nc(-n3ncc(C#N)c3NC(=O)CCc3ccc(Cl)cc3)cc(C)c2c1. The second-order valence-electron chi connectivity index (χ2n) is 7.88. The van der Waals surface area contributed by atoms with Gasteiger partial charge in [-0.1, -0.05) is 35.4 Å². The number of fused-ring (bicyclic) bond motifs is 1. The van der Waals surface area contributed by atoms with E-state index in [1.54, 1.807) is 12.1 Å². The fourth-order valence-corrected chi connectivity index (χ4v) is 3.89. The minimum absolute atomic E-state index is 0.206. The van der Waals surface area contributed by atoms with E-state index in [1.165, 1.54) is 16.4 Å². The molecule has 0 aliphatic carbocycles. The van der Waals surface area contributed by atoms with Crippen LogP contribution in [0.5, 0.6) is 0 Å². The lowest BCUT2D eigenvalue weighted by molar-refractivity contribution is -0.116. The van der Waals surface area contributed by atoms with E-state index in [0.29, 0.717) is 23.1 Å². The predicted molar refractivity (Wildman–Crippen MR) is 126 cm³/mol. The lowest BCUT2D eigenvalue weighted by Crippen LogP contribution is -2.17. The van der Waals surface area contributed by atoms with Crippen molar-refractivity contribution >= 4 is 34.2 Å². The smallest absolute Gasteiger partial charge is 0.225 e. The first kappa shape index (κ1) is 21.5. The minimum Gasteiger partial charge on any atom is -0.309 e. The third-order valence-electron chi connectivity index (χ3n) is 5.36. The summed E-state index contributed by atoms with van der Waals surface area (Å²) in [5, 5.41) is 18.5. The number of rotatable bonds is 5. The first-order valence-electron chi connectivity index (χ1n) is 10.3. The molecule has 0 saturated heterocycles. The number of nitriles is 1. The number of carbonyl (C=O) groups is 1. The number of nitrogens with one attached hydrogen (secondary N) is 1. The second-order valence-corrected chi connectivity index (χ2v) is 8.32. The van der Waals surface area contributed by atoms with E-state index in [9.17, 15) is 10.1 Å². The fraction of sp³-hybridized carbons (Fsp3) is 0.200. The summed E-state index contributed by atoms with van der Waals surface area (Å²) in [4.78, 5) is 17.5. The van der Waals surface area contributed by atoms with Crippen molar-refractivity contribution in [3.63, 3.8) is 0 Å². The molecule has 2 heterocycles. The van der Waals surface area contributed by atoms with Crippen LogP contribution in [0.25, 0.3) is 16.7 Å². The molecule has 2 aromatic heterocycles. The highest BCUT2D eigenvalue weighted by Crippen LogP contribution is 2.26. The van der Waals surface area contributed by atoms with Gasteiger partial charge in [0.25, 0.3) is 0 Å². The Hall–Kier alpha value is -3.69. The molecule has 0 atom stereocenters. The molecule has 7 heteroatoms. The molecule has 0 aliphatic rings. The summed E-state index contributed by atoms with van der Waals surface area (Å²) in [5.41, 5.74) is 5.45. The first-order valence-corrected chi connectivity index (χ1v) is 10.6. The molecule has 1 amide bonds. The first-order chi connectivity index (χ1) is 15.4. The van der Waals surface area contributed by atoms with Crippen molar-refractivity contribution in [1.29, 1.82) is 5.26 Å². The highest BCUT2D eigenvalue weighted by Gasteiger charge is 2.17. The summed E-state index contributed by atoms with van der Waals surface area (Å²) < 4.78 is 1.52. The van der Waals surface area contributed by atoms with Gasteiger partial charge in [-0.25, -0.2) is 4.98 Å². The lowest BCUT2D eigenvalue weighted by atomic mass is 10.0. The van der Waals surface area contributed by atoms with Crippen LogP contribution in [0, 0.1) is 32.1 Å². The van der Waals surface area contributed by atoms with Gasteiger partial charge in [-0.15, -0.1) is 0 Å². The Labute approximate surface area is 191 Å². The van der Waals surface area contributed by atoms with E-state index in [4.69, 9.17) is 16.6 Å². The van der Waals surface area contributed by atoms with Gasteiger partial charge >= 0.3 is 0 Å². The normalized spacial score (nSPS) is 10.8. The number of hydrogen-bond acceptors (Lipinski definition) is 4. The van der Waals surface area contributed by atoms with Crippen molar-refractivity contribution in [2.45, 2.75) is 33.6 Å². The van der Waals surface area contributed by atoms with Crippen LogP contribution in [0.1, 0.15) is 34.2 Å². The molecule has 0 bridgehead atoms. The van der Waals surface area contributed by atoms with Crippen LogP contribution in [0.3, 0.4) is 0 Å². The average molecular weight is 444 g/mol. The zero-order valence-electron chi connectivity index (χ0n) is 18.1. The van der Waals surface area contributed by atoms with Gasteiger partial charge in [-0.2, -0.15) is 15.0 Å². The van der Waals surface area contributed by atoms with E-state index in [2.05, 4.69) is 35.5 Å². The van der Waals surface area contributed by atoms with Gasteiger partial charge in [0, 0.05) is 16.8 Å². The number of aromatic nitrogens is 3. The summed E-state index contributed by atoms with van der Waals surface area (Å²) in [5.74, 6) is 0.670. The number of carbonyl (C=O) groups excluding carboxylic acids is 1. The van der Waals surface area contributed by atoms with Gasteiger partial charge in [0.2, 0.25) is 5.91 Å². The Kier molecular flexibility index (Phi) is 5.93. The second kappa shape index (κ2) is 8.81. The lowest BCUT2D eigenvalue weighted by Gasteiger charge is -2.13. The van der Waals surface area contributed by atoms with Crippen molar-refractivity contribution < 1.29 is 4.79 Å². The zero-order chi connectivity index (χ0) is 22.8. The molecule has 0 radical (unpaired) electrons. The van der Waals surface area contributed by atoms with Gasteiger partial charge in [0.05, 0.1) is 11.7 Å². The Morgan fingerprint density at radius 1 is 1.12 bits per heavy atom. The maximum absolute atomic E-state index is 12.7. The Morgan fingerprint density at radius 3 is 2.59 bits per heavy atom. The van der Waals surface area contributed by atoms with Crippen molar-refractivity contribution in [2.24, 2.45) is 0 Å². The third kappa shape index (κ3) is 4.34. The number of anilines is 1. The topological polar surface area (TPSA) is 83.6 Å². The summed E-state index contributed by atoms with van der Waals surface area (Å²) in [6, 6.07) is 15.6. The maximum atomic E-state index is 12.7. The Morgan fingerprint density at radius 2 is 1.88 bits per heavy atom. The van der Waals surface area contributed by atoms with Gasteiger partial charge < -0.3 is 5.32 Å². The molecule has 0 saturated carbocycles. The van der Waals surface area contributed by atoms with E-state index in [0.717, 1.165) is 27.6 Å². The molecule has 6 nitrogen and oxygen atoms in total. The average Bonchev–Trinajstić information content (AvgIpc) is 3.16. The van der Waals surface area contributed by atoms with Crippen LogP contribution < -0.4 is 5.32 Å². The van der Waals surface area contributed by atoms with Gasteiger partial charge in [-0.05, 0) is 68.1 Å². The quantitative estimate of drug-likeness (QED) is 0.445. The number of hydrogen-bond donors (Lipinski definition) is 1. The molecule has 0 spiro atoms. The summed E-state index contributed by atoms with van der Waals surface area (Å²) in [7, 11) is 0. The minimum atomic E-state index is -0.206. The van der Waals surface area contributed by atoms with Crippen LogP contribution in [0.2, 0.25) is 5.02 Å². The summed E-state index contributed by atoms with van der Waals surface area (Å²) >= 11 is 5.92. The predicted octanol–water partition coefficient (Wildman–Crippen LogP) is 5.44. The summed E-state index contributed by atoms with van der Waals surface area (Å²) in [6.07, 6.45) is 2.27. The molecule has 0 fully saturated rings. The maximum Gasteiger partial charge on any atom is 0.225 e. The van der Waals surface area contributed by atoms with Crippen LogP contribution in [0.4, 0.5) is 5.82 Å². The number of benzene rings is 2. The number of amides is 1. The van der Waals surface area contributed by atoms with Gasteiger partial charge in [-0.3, -0.25) is 4.79 Å². The van der Waals surface area contributed by atoms with Crippen LogP contribution >= 0.6 is 11.6 Å². The van der Waals surface area contributed by atoms with Gasteiger partial charge in [0.15, 0.2) is 11.6 Å². The van der Waals surface area contributed by atoms with Crippen LogP contribution in [-0.4, -0.2) is 20.7 Å². The number of aryl methyl sites for hydroxylation is 4. The molecule has 1 N–H and O–H groups in total. The Balaban J connectivity index is 1.64. The van der Waals surface area contributed by atoms with Crippen molar-refractivity contribution in [3.8, 4) is 11.9 Å².